The molecule has 0 aliphatic carbocycles. The molecule has 0 aliphatic rings. The van der Waals surface area contributed by atoms with Gasteiger partial charge >= 0.3 is 0 Å². The fourth-order valence-electron chi connectivity index (χ4n) is 2.12. The Morgan fingerprint density at radius 3 is 2.74 bits per heavy atom. The lowest BCUT2D eigenvalue weighted by Crippen LogP contribution is -2.32. The summed E-state index contributed by atoms with van der Waals surface area (Å²) in [5.74, 6) is 0.719. The second kappa shape index (κ2) is 9.21. The first-order valence-electron chi connectivity index (χ1n) is 7.51. The van der Waals surface area contributed by atoms with Crippen LogP contribution in [-0.4, -0.2) is 28.9 Å². The normalized spacial score (nSPS) is 9.87. The molecule has 5 heteroatoms. The van der Waals surface area contributed by atoms with Crippen LogP contribution in [0.3, 0.4) is 0 Å². The molecule has 1 amide bonds. The third-order valence-corrected chi connectivity index (χ3v) is 3.27. The van der Waals surface area contributed by atoms with E-state index in [1.807, 2.05) is 42.5 Å². The minimum Gasteiger partial charge on any atom is -0.493 e. The molecule has 0 unspecified atom stereocenters. The van der Waals surface area contributed by atoms with E-state index in [4.69, 9.17) is 10.00 Å². The molecule has 0 radical (unpaired) electrons. The van der Waals surface area contributed by atoms with Gasteiger partial charge < -0.3 is 9.64 Å². The molecule has 23 heavy (non-hydrogen) atoms. The highest BCUT2D eigenvalue weighted by Crippen LogP contribution is 2.10. The van der Waals surface area contributed by atoms with Crippen LogP contribution in [0, 0.1) is 11.3 Å². The Kier molecular flexibility index (Phi) is 6.61. The first-order valence-corrected chi connectivity index (χ1v) is 7.51. The van der Waals surface area contributed by atoms with Gasteiger partial charge in [0.05, 0.1) is 25.5 Å². The molecule has 2 rings (SSSR count). The van der Waals surface area contributed by atoms with Crippen molar-refractivity contribution in [2.45, 2.75) is 19.4 Å². The zero-order chi connectivity index (χ0) is 16.3. The van der Waals surface area contributed by atoms with E-state index in [1.165, 1.54) is 0 Å². The lowest BCUT2D eigenvalue weighted by Gasteiger charge is -2.21. The van der Waals surface area contributed by atoms with Gasteiger partial charge in [0.15, 0.2) is 0 Å². The number of amides is 1. The molecule has 5 nitrogen and oxygen atoms in total. The van der Waals surface area contributed by atoms with E-state index < -0.39 is 0 Å². The van der Waals surface area contributed by atoms with Gasteiger partial charge in [0.1, 0.15) is 5.75 Å². The molecule has 0 aliphatic heterocycles. The van der Waals surface area contributed by atoms with Crippen LogP contribution in [0.15, 0.2) is 54.9 Å². The number of rotatable bonds is 8. The minimum absolute atomic E-state index is 0.0277. The lowest BCUT2D eigenvalue weighted by molar-refractivity contribution is -0.132. The van der Waals surface area contributed by atoms with Crippen molar-refractivity contribution in [2.75, 3.05) is 13.2 Å². The summed E-state index contributed by atoms with van der Waals surface area (Å²) in [5, 5.41) is 8.76. The molecule has 1 aromatic carbocycles. The molecule has 0 N–H and O–H groups in total. The zero-order valence-electron chi connectivity index (χ0n) is 12.9. The fourth-order valence-corrected chi connectivity index (χ4v) is 2.12. The highest BCUT2D eigenvalue weighted by atomic mass is 16.5. The summed E-state index contributed by atoms with van der Waals surface area (Å²) in [6, 6.07) is 15.2. The third kappa shape index (κ3) is 5.79. The van der Waals surface area contributed by atoms with Gasteiger partial charge in [0.25, 0.3) is 0 Å². The number of pyridine rings is 1. The van der Waals surface area contributed by atoms with E-state index in [-0.39, 0.29) is 12.3 Å². The molecule has 1 aromatic heterocycles. The largest absolute Gasteiger partial charge is 0.493 e. The van der Waals surface area contributed by atoms with Gasteiger partial charge in [-0.05, 0) is 23.8 Å². The van der Waals surface area contributed by atoms with Crippen LogP contribution >= 0.6 is 0 Å². The van der Waals surface area contributed by atoms with Crippen molar-refractivity contribution in [1.29, 1.82) is 5.26 Å². The van der Waals surface area contributed by atoms with Gasteiger partial charge in [-0.1, -0.05) is 24.3 Å². The molecule has 0 saturated carbocycles. The summed E-state index contributed by atoms with van der Waals surface area (Å²) in [6.45, 7) is 1.19. The van der Waals surface area contributed by atoms with Crippen molar-refractivity contribution >= 4 is 5.91 Å². The van der Waals surface area contributed by atoms with E-state index in [2.05, 4.69) is 11.1 Å². The molecule has 2 aromatic rings. The number of hydrogen-bond acceptors (Lipinski definition) is 4. The van der Waals surface area contributed by atoms with E-state index >= 15 is 0 Å². The van der Waals surface area contributed by atoms with Crippen LogP contribution in [-0.2, 0) is 11.3 Å². The molecule has 0 atom stereocenters. The van der Waals surface area contributed by atoms with Crippen LogP contribution in [0.25, 0.3) is 0 Å². The SMILES string of the molecule is N#CCCN(Cc1cccnc1)C(=O)CCOc1ccccc1. The summed E-state index contributed by atoms with van der Waals surface area (Å²) in [6.07, 6.45) is 4.01. The molecule has 0 fully saturated rings. The number of nitrogens with zero attached hydrogens (tertiary/aromatic N) is 3. The van der Waals surface area contributed by atoms with Crippen LogP contribution in [0.1, 0.15) is 18.4 Å². The van der Waals surface area contributed by atoms with Crippen molar-refractivity contribution in [3.63, 3.8) is 0 Å². The number of para-hydroxylation sites is 1. The lowest BCUT2D eigenvalue weighted by atomic mass is 10.2. The maximum atomic E-state index is 12.4. The van der Waals surface area contributed by atoms with Gasteiger partial charge in [-0.3, -0.25) is 9.78 Å². The molecular formula is C18H19N3O2. The second-order valence-electron chi connectivity index (χ2n) is 5.00. The molecule has 0 bridgehead atoms. The summed E-state index contributed by atoms with van der Waals surface area (Å²) in [7, 11) is 0. The topological polar surface area (TPSA) is 66.2 Å². The van der Waals surface area contributed by atoms with E-state index in [0.29, 0.717) is 26.1 Å². The molecule has 118 valence electrons. The van der Waals surface area contributed by atoms with Gasteiger partial charge in [0, 0.05) is 25.5 Å². The maximum Gasteiger partial charge on any atom is 0.226 e. The van der Waals surface area contributed by atoms with Gasteiger partial charge in [-0.15, -0.1) is 0 Å². The van der Waals surface area contributed by atoms with E-state index in [1.54, 1.807) is 17.3 Å². The van der Waals surface area contributed by atoms with Crippen molar-refractivity contribution in [2.24, 2.45) is 0 Å². The summed E-state index contributed by atoms with van der Waals surface area (Å²) >= 11 is 0. The molecular weight excluding hydrogens is 290 g/mol. The highest BCUT2D eigenvalue weighted by molar-refractivity contribution is 5.76. The fraction of sp³-hybridized carbons (Fsp3) is 0.278. The minimum atomic E-state index is -0.0277. The van der Waals surface area contributed by atoms with E-state index in [9.17, 15) is 4.79 Å². The second-order valence-corrected chi connectivity index (χ2v) is 5.00. The van der Waals surface area contributed by atoms with Gasteiger partial charge in [-0.25, -0.2) is 0 Å². The van der Waals surface area contributed by atoms with Crippen molar-refractivity contribution in [1.82, 2.24) is 9.88 Å². The number of carbonyl (C=O) groups excluding carboxylic acids is 1. The monoisotopic (exact) mass is 309 g/mol. The number of benzene rings is 1. The zero-order valence-corrected chi connectivity index (χ0v) is 12.9. The Bertz CT molecular complexity index is 638. The Labute approximate surface area is 136 Å². The van der Waals surface area contributed by atoms with Gasteiger partial charge in [-0.2, -0.15) is 5.26 Å². The molecule has 0 spiro atoms. The van der Waals surface area contributed by atoms with Crippen LogP contribution < -0.4 is 4.74 Å². The quantitative estimate of drug-likeness (QED) is 0.752. The van der Waals surface area contributed by atoms with Crippen LogP contribution in [0.5, 0.6) is 5.75 Å². The average Bonchev–Trinajstić information content (AvgIpc) is 2.60. The van der Waals surface area contributed by atoms with Crippen LogP contribution in [0.2, 0.25) is 0 Å². The van der Waals surface area contributed by atoms with Crippen molar-refractivity contribution in [3.8, 4) is 11.8 Å². The smallest absolute Gasteiger partial charge is 0.226 e. The Hall–Kier alpha value is -2.87. The predicted molar refractivity (Wildman–Crippen MR) is 86.4 cm³/mol. The summed E-state index contributed by atoms with van der Waals surface area (Å²) in [5.41, 5.74) is 0.947. The maximum absolute atomic E-state index is 12.4. The number of hydrogen-bond donors (Lipinski definition) is 0. The highest BCUT2D eigenvalue weighted by Gasteiger charge is 2.14. The van der Waals surface area contributed by atoms with Crippen molar-refractivity contribution in [3.05, 3.63) is 60.4 Å². The number of nitriles is 1. The third-order valence-electron chi connectivity index (χ3n) is 3.27. The first kappa shape index (κ1) is 16.5. The predicted octanol–water partition coefficient (Wildman–Crippen LogP) is 2.79. The Balaban J connectivity index is 1.87. The molecule has 0 saturated heterocycles. The molecule has 1 heterocycles. The first-order chi connectivity index (χ1) is 11.3. The Morgan fingerprint density at radius 2 is 2.04 bits per heavy atom. The Morgan fingerprint density at radius 1 is 1.22 bits per heavy atom. The number of ether oxygens (including phenoxy) is 1. The number of aromatic nitrogens is 1. The van der Waals surface area contributed by atoms with Crippen molar-refractivity contribution < 1.29 is 9.53 Å². The number of carbonyl (C=O) groups is 1. The summed E-state index contributed by atoms with van der Waals surface area (Å²) in [4.78, 5) is 18.1. The standard InChI is InChI=1S/C18H19N3O2/c19-10-5-12-21(15-16-6-4-11-20-14-16)18(22)9-13-23-17-7-2-1-3-8-17/h1-4,6-8,11,14H,5,9,12-13,15H2. The van der Waals surface area contributed by atoms with Gasteiger partial charge in [0.2, 0.25) is 5.91 Å². The van der Waals surface area contributed by atoms with Crippen LogP contribution in [0.4, 0.5) is 0 Å². The average molecular weight is 309 g/mol. The summed E-state index contributed by atoms with van der Waals surface area (Å²) < 4.78 is 5.56. The van der Waals surface area contributed by atoms with E-state index in [0.717, 1.165) is 11.3 Å².